The first kappa shape index (κ1) is 63.3. The molecule has 4 heterocycles. The van der Waals surface area contributed by atoms with E-state index in [0.29, 0.717) is 0 Å². The van der Waals surface area contributed by atoms with Crippen LogP contribution < -0.4 is 0 Å². The second kappa shape index (κ2) is 25.4. The molecule has 0 aliphatic heterocycles. The Kier molecular flexibility index (Phi) is 14.3. The average molecular weight is 1420 g/mol. The molecule has 0 bridgehead atoms. The van der Waals surface area contributed by atoms with Crippen molar-refractivity contribution < 1.29 is 0 Å². The molecule has 4 nitrogen and oxygen atoms in total. The van der Waals surface area contributed by atoms with Crippen molar-refractivity contribution in [3.05, 3.63) is 413 Å². The van der Waals surface area contributed by atoms with Gasteiger partial charge in [-0.3, -0.25) is 0 Å². The number of hydrogen-bond donors (Lipinski definition) is 0. The van der Waals surface area contributed by atoms with Crippen LogP contribution >= 0.6 is 0 Å². The Labute approximate surface area is 645 Å². The monoisotopic (exact) mass is 1420 g/mol. The van der Waals surface area contributed by atoms with Crippen LogP contribution in [0.1, 0.15) is 0 Å². The number of fused-ring (bicyclic) bond motifs is 18. The van der Waals surface area contributed by atoms with E-state index < -0.39 is 0 Å². The summed E-state index contributed by atoms with van der Waals surface area (Å²) in [6, 6.07) is 152. The van der Waals surface area contributed by atoms with Crippen LogP contribution in [0.2, 0.25) is 0 Å². The molecule has 0 atom stereocenters. The Bertz CT molecular complexity index is 7580. The summed E-state index contributed by atoms with van der Waals surface area (Å²) >= 11 is 0. The number of aromatic nitrogens is 4. The lowest BCUT2D eigenvalue weighted by molar-refractivity contribution is 1.19. The smallest absolute Gasteiger partial charge is 0.0541 e. The third-order valence-corrected chi connectivity index (χ3v) is 23.8. The largest absolute Gasteiger partial charge is 0.309 e. The maximum Gasteiger partial charge on any atom is 0.0541 e. The van der Waals surface area contributed by atoms with Crippen molar-refractivity contribution in [2.75, 3.05) is 0 Å². The van der Waals surface area contributed by atoms with Crippen LogP contribution in [-0.4, -0.2) is 18.3 Å². The predicted octanol–water partition coefficient (Wildman–Crippen LogP) is 29.3. The Balaban J connectivity index is 0.000000134. The summed E-state index contributed by atoms with van der Waals surface area (Å²) in [5, 5.41) is 25.1. The maximum absolute atomic E-state index is 2.43. The van der Waals surface area contributed by atoms with Crippen molar-refractivity contribution in [2.24, 2.45) is 0 Å². The third kappa shape index (κ3) is 9.95. The fourth-order valence-corrected chi connectivity index (χ4v) is 18.7. The second-order valence-corrected chi connectivity index (χ2v) is 29.8. The van der Waals surface area contributed by atoms with Gasteiger partial charge in [0, 0.05) is 65.5 Å². The minimum absolute atomic E-state index is 1.17. The Morgan fingerprint density at radius 3 is 0.607 bits per heavy atom. The SMILES string of the molecule is c1ccc2c(-c3ccc(-n4c5ccccc5c5ccccc54)c4ccccc34)ccc(-c3ccc4cc(-n5c6ccccc6c6ccccc65)ccc4c3)c2c1.c1ccc2c(-c3ccc4cc(-n5c6ccccc6c6ccccc65)ccc4c3)ccc(-c3ccc4cc(-n5c6ccccc6c6ccccc65)ccc4c3)c2c1. The highest BCUT2D eigenvalue weighted by Crippen LogP contribution is 2.45. The van der Waals surface area contributed by atoms with Gasteiger partial charge in [0.2, 0.25) is 0 Å². The molecule has 0 fully saturated rings. The van der Waals surface area contributed by atoms with Gasteiger partial charge in [0.1, 0.15) is 0 Å². The molecule has 4 aromatic heterocycles. The van der Waals surface area contributed by atoms with E-state index in [1.807, 2.05) is 0 Å². The van der Waals surface area contributed by atoms with Crippen LogP contribution in [0.25, 0.3) is 219 Å². The van der Waals surface area contributed by atoms with Gasteiger partial charge in [0.05, 0.1) is 49.8 Å². The number of benzene rings is 20. The zero-order valence-corrected chi connectivity index (χ0v) is 61.0. The Morgan fingerprint density at radius 1 is 0.125 bits per heavy atom. The van der Waals surface area contributed by atoms with Crippen molar-refractivity contribution in [2.45, 2.75) is 0 Å². The Hall–Kier alpha value is -14.8. The van der Waals surface area contributed by atoms with Gasteiger partial charge in [-0.2, -0.15) is 0 Å². The standard InChI is InChI=1S/2C54H34N2/c1-2-12-46-44(40-24-22-38-34-42(28-26-36(38)32-40)56-53-19-9-5-15-49(53)50-16-6-10-20-54(50)56)30-29-43(45(46)11-1)39-23-21-37-33-41(27-25-35(37)31-39)55-51-17-7-3-13-47(51)48-14-4-8-18-52(48)55;1-2-14-41-40(13-1)39(37-26-25-36-34-38(28-27-35(36)33-37)55-50-21-9-5-17-46(50)47-18-6-10-22-51(47)55)29-30-43(41)44-31-32-54(45-16-4-3-15-42(44)45)56-52-23-11-7-19-48(52)49-20-8-12-24-53(49)56/h2*1-34H. The molecule has 0 unspecified atom stereocenters. The highest BCUT2D eigenvalue weighted by Gasteiger charge is 2.21. The lowest BCUT2D eigenvalue weighted by Gasteiger charge is -2.17. The first-order valence-electron chi connectivity index (χ1n) is 38.7. The molecule has 0 spiro atoms. The van der Waals surface area contributed by atoms with E-state index in [-0.39, 0.29) is 0 Å². The number of para-hydroxylation sites is 8. The van der Waals surface area contributed by atoms with Crippen molar-refractivity contribution in [3.8, 4) is 67.3 Å². The van der Waals surface area contributed by atoms with E-state index in [4.69, 9.17) is 0 Å². The van der Waals surface area contributed by atoms with Crippen molar-refractivity contribution in [1.29, 1.82) is 0 Å². The summed E-state index contributed by atoms with van der Waals surface area (Å²) in [6.07, 6.45) is 0. The van der Waals surface area contributed by atoms with Crippen molar-refractivity contribution in [3.63, 3.8) is 0 Å². The number of rotatable bonds is 8. The molecule has 0 radical (unpaired) electrons. The minimum Gasteiger partial charge on any atom is -0.309 e. The lowest BCUT2D eigenvalue weighted by atomic mass is 9.89. The van der Waals surface area contributed by atoms with E-state index in [1.54, 1.807) is 0 Å². The zero-order valence-electron chi connectivity index (χ0n) is 61.0. The van der Waals surface area contributed by atoms with Gasteiger partial charge < -0.3 is 18.3 Å². The zero-order chi connectivity index (χ0) is 73.5. The van der Waals surface area contributed by atoms with Crippen LogP contribution in [0.15, 0.2) is 413 Å². The molecular formula is C108H68N4. The van der Waals surface area contributed by atoms with Crippen LogP contribution in [0.5, 0.6) is 0 Å². The molecule has 24 aromatic rings. The topological polar surface area (TPSA) is 19.7 Å². The summed E-state index contributed by atoms with van der Waals surface area (Å²) in [5.74, 6) is 0. The number of nitrogens with zero attached hydrogens (tertiary/aromatic N) is 4. The first-order valence-corrected chi connectivity index (χ1v) is 38.7. The molecular weight excluding hydrogens is 1350 g/mol. The molecule has 0 saturated carbocycles. The summed E-state index contributed by atoms with van der Waals surface area (Å²) in [6.45, 7) is 0. The molecule has 0 amide bonds. The molecule has 20 aromatic carbocycles. The molecule has 0 aliphatic rings. The minimum atomic E-state index is 1.17. The van der Waals surface area contributed by atoms with E-state index >= 15 is 0 Å². The quantitative estimate of drug-likeness (QED) is 0.144. The average Bonchev–Trinajstić information content (AvgIpc) is 1.55. The third-order valence-electron chi connectivity index (χ3n) is 23.8. The Morgan fingerprint density at radius 2 is 0.321 bits per heavy atom. The van der Waals surface area contributed by atoms with E-state index in [1.165, 1.54) is 219 Å². The predicted molar refractivity (Wildman–Crippen MR) is 477 cm³/mol. The van der Waals surface area contributed by atoms with E-state index in [0.717, 1.165) is 0 Å². The van der Waals surface area contributed by atoms with Crippen LogP contribution in [0.4, 0.5) is 0 Å². The van der Waals surface area contributed by atoms with Gasteiger partial charge in [-0.15, -0.1) is 0 Å². The molecule has 112 heavy (non-hydrogen) atoms. The van der Waals surface area contributed by atoms with Crippen molar-refractivity contribution in [1.82, 2.24) is 18.3 Å². The van der Waals surface area contributed by atoms with Gasteiger partial charge in [-0.05, 0) is 213 Å². The normalized spacial score (nSPS) is 11.9. The van der Waals surface area contributed by atoms with E-state index in [9.17, 15) is 0 Å². The summed E-state index contributed by atoms with van der Waals surface area (Å²) in [5.41, 5.74) is 24.4. The van der Waals surface area contributed by atoms with Crippen LogP contribution in [0, 0.1) is 0 Å². The summed E-state index contributed by atoms with van der Waals surface area (Å²) in [4.78, 5) is 0. The molecule has 0 aliphatic carbocycles. The van der Waals surface area contributed by atoms with Crippen molar-refractivity contribution >= 4 is 152 Å². The van der Waals surface area contributed by atoms with Gasteiger partial charge in [-0.25, -0.2) is 0 Å². The summed E-state index contributed by atoms with van der Waals surface area (Å²) in [7, 11) is 0. The first-order chi connectivity index (χ1) is 55.6. The van der Waals surface area contributed by atoms with Gasteiger partial charge in [0.25, 0.3) is 0 Å². The maximum atomic E-state index is 2.43. The van der Waals surface area contributed by atoms with Gasteiger partial charge >= 0.3 is 0 Å². The number of hydrogen-bond acceptors (Lipinski definition) is 0. The molecule has 4 heteroatoms. The highest BCUT2D eigenvalue weighted by molar-refractivity contribution is 6.17. The molecule has 24 rings (SSSR count). The van der Waals surface area contributed by atoms with Gasteiger partial charge in [0.15, 0.2) is 0 Å². The van der Waals surface area contributed by atoms with Gasteiger partial charge in [-0.1, -0.05) is 303 Å². The van der Waals surface area contributed by atoms with Crippen LogP contribution in [-0.2, 0) is 0 Å². The molecule has 520 valence electrons. The molecule has 0 saturated heterocycles. The van der Waals surface area contributed by atoms with Crippen LogP contribution in [0.3, 0.4) is 0 Å². The second-order valence-electron chi connectivity index (χ2n) is 29.8. The highest BCUT2D eigenvalue weighted by atomic mass is 15.0. The lowest BCUT2D eigenvalue weighted by Crippen LogP contribution is -1.96. The fraction of sp³-hybridized carbons (Fsp3) is 0. The summed E-state index contributed by atoms with van der Waals surface area (Å²) < 4.78 is 9.61. The fourth-order valence-electron chi connectivity index (χ4n) is 18.7. The molecule has 0 N–H and O–H groups in total. The van der Waals surface area contributed by atoms with E-state index in [2.05, 4.69) is 431 Å².